The summed E-state index contributed by atoms with van der Waals surface area (Å²) >= 11 is 7.78. The Morgan fingerprint density at radius 2 is 2.19 bits per heavy atom. The lowest BCUT2D eigenvalue weighted by Crippen LogP contribution is -2.42. The van der Waals surface area contributed by atoms with Crippen LogP contribution in [0.25, 0.3) is 0 Å². The number of aryl methyl sites for hydroxylation is 1. The molecule has 0 aromatic carbocycles. The van der Waals surface area contributed by atoms with Crippen molar-refractivity contribution in [3.8, 4) is 0 Å². The number of thioether (sulfide) groups is 1. The molecule has 86 valence electrons. The summed E-state index contributed by atoms with van der Waals surface area (Å²) in [5.74, 6) is 2.04. The lowest BCUT2D eigenvalue weighted by Gasteiger charge is -2.39. The molecule has 5 heteroatoms. The predicted octanol–water partition coefficient (Wildman–Crippen LogP) is 3.13. The first-order valence-corrected chi connectivity index (χ1v) is 7.00. The van der Waals surface area contributed by atoms with Crippen LogP contribution in [-0.4, -0.2) is 21.3 Å². The summed E-state index contributed by atoms with van der Waals surface area (Å²) in [5.41, 5.74) is 1.32. The number of halogens is 1. The van der Waals surface area contributed by atoms with Gasteiger partial charge >= 0.3 is 0 Å². The van der Waals surface area contributed by atoms with Gasteiger partial charge in [0.1, 0.15) is 5.82 Å². The van der Waals surface area contributed by atoms with Gasteiger partial charge < -0.3 is 5.32 Å². The van der Waals surface area contributed by atoms with Crippen LogP contribution in [0, 0.1) is 0 Å². The monoisotopic (exact) mass is 255 g/mol. The molecule has 0 unspecified atom stereocenters. The Balaban J connectivity index is 1.94. The molecule has 2 heterocycles. The molecule has 1 aromatic heterocycles. The zero-order valence-corrected chi connectivity index (χ0v) is 10.8. The molecule has 1 saturated carbocycles. The third kappa shape index (κ3) is 1.78. The van der Waals surface area contributed by atoms with Crippen LogP contribution in [0.4, 0.5) is 5.82 Å². The molecule has 1 fully saturated rings. The van der Waals surface area contributed by atoms with Gasteiger partial charge in [0.05, 0.1) is 10.6 Å². The number of fused-ring (bicyclic) bond motifs is 1. The normalized spacial score (nSPS) is 21.4. The first-order chi connectivity index (χ1) is 7.66. The van der Waals surface area contributed by atoms with Crippen molar-refractivity contribution in [3.05, 3.63) is 11.0 Å². The van der Waals surface area contributed by atoms with E-state index in [1.165, 1.54) is 24.2 Å². The maximum atomic E-state index is 5.95. The maximum absolute atomic E-state index is 5.95. The van der Waals surface area contributed by atoms with E-state index in [1.54, 1.807) is 0 Å². The van der Waals surface area contributed by atoms with Crippen LogP contribution in [0.15, 0.2) is 4.90 Å². The average molecular weight is 256 g/mol. The lowest BCUT2D eigenvalue weighted by molar-refractivity contribution is 0.305. The van der Waals surface area contributed by atoms with Crippen LogP contribution >= 0.6 is 23.4 Å². The fourth-order valence-electron chi connectivity index (χ4n) is 2.24. The van der Waals surface area contributed by atoms with Crippen LogP contribution in [0.1, 0.15) is 31.9 Å². The molecule has 0 atom stereocenters. The van der Waals surface area contributed by atoms with Crippen LogP contribution in [0.2, 0.25) is 5.28 Å². The summed E-state index contributed by atoms with van der Waals surface area (Å²) < 4.78 is 0. The van der Waals surface area contributed by atoms with E-state index in [9.17, 15) is 0 Å². The van der Waals surface area contributed by atoms with Crippen molar-refractivity contribution in [1.29, 1.82) is 0 Å². The Labute approximate surface area is 104 Å². The fourth-order valence-corrected chi connectivity index (χ4v) is 3.47. The van der Waals surface area contributed by atoms with Crippen LogP contribution in [-0.2, 0) is 6.42 Å². The highest BCUT2D eigenvalue weighted by Crippen LogP contribution is 2.40. The molecule has 0 amide bonds. The van der Waals surface area contributed by atoms with Crippen molar-refractivity contribution in [3.63, 3.8) is 0 Å². The number of hydrogen-bond acceptors (Lipinski definition) is 4. The van der Waals surface area contributed by atoms with Crippen molar-refractivity contribution in [2.45, 2.75) is 43.0 Å². The Morgan fingerprint density at radius 1 is 1.38 bits per heavy atom. The van der Waals surface area contributed by atoms with Gasteiger partial charge in [0.2, 0.25) is 5.28 Å². The highest BCUT2D eigenvalue weighted by Gasteiger charge is 2.33. The van der Waals surface area contributed by atoms with Crippen molar-refractivity contribution < 1.29 is 0 Å². The summed E-state index contributed by atoms with van der Waals surface area (Å²) in [5, 5.41) is 3.91. The summed E-state index contributed by atoms with van der Waals surface area (Å²) in [4.78, 5) is 9.82. The Morgan fingerprint density at radius 3 is 2.88 bits per heavy atom. The molecular formula is C11H14ClN3S. The summed E-state index contributed by atoms with van der Waals surface area (Å²) in [7, 11) is 0. The molecule has 3 nitrogen and oxygen atoms in total. The third-order valence-corrected chi connectivity index (χ3v) is 4.67. The van der Waals surface area contributed by atoms with Gasteiger partial charge in [0.15, 0.2) is 0 Å². The molecule has 16 heavy (non-hydrogen) atoms. The minimum atomic E-state index is 0.217. The number of hydrogen-bond donors (Lipinski definition) is 1. The highest BCUT2D eigenvalue weighted by molar-refractivity contribution is 7.99. The quantitative estimate of drug-likeness (QED) is 0.824. The topological polar surface area (TPSA) is 37.8 Å². The smallest absolute Gasteiger partial charge is 0.224 e. The molecule has 0 saturated heterocycles. The first kappa shape index (κ1) is 10.7. The number of nitrogens with one attached hydrogen (secondary N) is 1. The van der Waals surface area contributed by atoms with Gasteiger partial charge in [-0.05, 0) is 37.8 Å². The standard InChI is InChI=1S/C11H14ClN3S/c1-11(4-2-5-11)15-9-8-7(3-6-16-8)13-10(12)14-9/h2-6H2,1H3,(H,13,14,15). The van der Waals surface area contributed by atoms with Crippen molar-refractivity contribution in [2.75, 3.05) is 11.1 Å². The van der Waals surface area contributed by atoms with Gasteiger partial charge in [0, 0.05) is 17.7 Å². The van der Waals surface area contributed by atoms with Crippen LogP contribution in [0.3, 0.4) is 0 Å². The van der Waals surface area contributed by atoms with E-state index in [0.29, 0.717) is 5.28 Å². The lowest BCUT2D eigenvalue weighted by atomic mass is 9.78. The molecule has 1 N–H and O–H groups in total. The zero-order chi connectivity index (χ0) is 11.2. The van der Waals surface area contributed by atoms with Crippen molar-refractivity contribution in [2.24, 2.45) is 0 Å². The van der Waals surface area contributed by atoms with Crippen LogP contribution in [0.5, 0.6) is 0 Å². The number of rotatable bonds is 2. The molecule has 0 spiro atoms. The van der Waals surface area contributed by atoms with Gasteiger partial charge in [-0.15, -0.1) is 11.8 Å². The van der Waals surface area contributed by atoms with Gasteiger partial charge in [-0.3, -0.25) is 0 Å². The number of anilines is 1. The Bertz CT molecular complexity index is 431. The molecule has 1 aliphatic carbocycles. The van der Waals surface area contributed by atoms with Gasteiger partial charge in [-0.2, -0.15) is 4.98 Å². The molecule has 2 aliphatic rings. The Hall–Kier alpha value is -0.480. The summed E-state index contributed by atoms with van der Waals surface area (Å²) in [6, 6.07) is 0. The average Bonchev–Trinajstić information content (AvgIpc) is 2.63. The summed E-state index contributed by atoms with van der Waals surface area (Å²) in [6.45, 7) is 2.25. The second kappa shape index (κ2) is 3.77. The van der Waals surface area contributed by atoms with E-state index < -0.39 is 0 Å². The molecule has 3 rings (SSSR count). The van der Waals surface area contributed by atoms with Crippen molar-refractivity contribution in [1.82, 2.24) is 9.97 Å². The van der Waals surface area contributed by atoms with Gasteiger partial charge in [0.25, 0.3) is 0 Å². The SMILES string of the molecule is CC1(Nc2nc(Cl)nc3c2SCC3)CCC1. The largest absolute Gasteiger partial charge is 0.364 e. The minimum Gasteiger partial charge on any atom is -0.364 e. The van der Waals surface area contributed by atoms with E-state index in [4.69, 9.17) is 11.6 Å². The van der Waals surface area contributed by atoms with Gasteiger partial charge in [-0.1, -0.05) is 0 Å². The maximum Gasteiger partial charge on any atom is 0.224 e. The Kier molecular flexibility index (Phi) is 2.51. The van der Waals surface area contributed by atoms with E-state index in [1.807, 2.05) is 11.8 Å². The zero-order valence-electron chi connectivity index (χ0n) is 9.22. The summed E-state index contributed by atoms with van der Waals surface area (Å²) in [6.07, 6.45) is 4.74. The minimum absolute atomic E-state index is 0.217. The molecule has 0 radical (unpaired) electrons. The van der Waals surface area contributed by atoms with E-state index >= 15 is 0 Å². The van der Waals surface area contributed by atoms with Crippen molar-refractivity contribution >= 4 is 29.2 Å². The molecule has 1 aromatic rings. The third-order valence-electron chi connectivity index (χ3n) is 3.37. The van der Waals surface area contributed by atoms with Gasteiger partial charge in [-0.25, -0.2) is 4.98 Å². The van der Waals surface area contributed by atoms with E-state index in [0.717, 1.165) is 23.7 Å². The second-order valence-electron chi connectivity index (χ2n) is 4.75. The number of aromatic nitrogens is 2. The van der Waals surface area contributed by atoms with E-state index in [2.05, 4.69) is 22.2 Å². The van der Waals surface area contributed by atoms with E-state index in [-0.39, 0.29) is 5.54 Å². The molecular weight excluding hydrogens is 242 g/mol. The van der Waals surface area contributed by atoms with Crippen LogP contribution < -0.4 is 5.32 Å². The fraction of sp³-hybridized carbons (Fsp3) is 0.636. The predicted molar refractivity (Wildman–Crippen MR) is 67.3 cm³/mol. The molecule has 0 bridgehead atoms. The number of nitrogens with zero attached hydrogens (tertiary/aromatic N) is 2. The highest BCUT2D eigenvalue weighted by atomic mass is 35.5. The first-order valence-electron chi connectivity index (χ1n) is 5.64. The molecule has 1 aliphatic heterocycles. The second-order valence-corrected chi connectivity index (χ2v) is 6.20.